The number of isocyanates is 1. The van der Waals surface area contributed by atoms with Crippen LogP contribution in [0, 0.1) is 5.82 Å². The van der Waals surface area contributed by atoms with Crippen LogP contribution >= 0.6 is 27.5 Å². The third kappa shape index (κ3) is 1.91. The quantitative estimate of drug-likeness (QED) is 0.427. The normalized spacial score (nSPS) is 9.25. The number of rotatable bonds is 1. The van der Waals surface area contributed by atoms with E-state index in [0.29, 0.717) is 9.50 Å². The second-order valence-electron chi connectivity index (χ2n) is 1.92. The van der Waals surface area contributed by atoms with Crippen molar-refractivity contribution in [3.63, 3.8) is 0 Å². The van der Waals surface area contributed by atoms with Crippen molar-refractivity contribution in [2.75, 3.05) is 0 Å². The fourth-order valence-corrected chi connectivity index (χ4v) is 1.12. The summed E-state index contributed by atoms with van der Waals surface area (Å²) in [5.74, 6) is -0.616. The van der Waals surface area contributed by atoms with Crippen LogP contribution in [0.3, 0.4) is 0 Å². The number of benzene rings is 1. The predicted octanol–water partition coefficient (Wildman–Crippen LogP) is 3.21. The van der Waals surface area contributed by atoms with Gasteiger partial charge >= 0.3 is 0 Å². The van der Waals surface area contributed by atoms with Crippen LogP contribution in [0.2, 0.25) is 5.02 Å². The molecule has 1 rings (SSSR count). The molecule has 0 N–H and O–H groups in total. The second-order valence-corrected chi connectivity index (χ2v) is 3.18. The van der Waals surface area contributed by atoms with E-state index in [0.717, 1.165) is 6.07 Å². The summed E-state index contributed by atoms with van der Waals surface area (Å²) >= 11 is 8.64. The number of nitrogens with zero attached hydrogens (tertiary/aromatic N) is 1. The van der Waals surface area contributed by atoms with Gasteiger partial charge in [-0.3, -0.25) is 0 Å². The maximum absolute atomic E-state index is 12.9. The predicted molar refractivity (Wildman–Crippen MR) is 46.9 cm³/mol. The SMILES string of the molecule is O=C=Nc1cc(Cl)c(Br)cc1F. The molecule has 0 bridgehead atoms. The lowest BCUT2D eigenvalue weighted by atomic mass is 10.3. The molecule has 0 heterocycles. The Morgan fingerprint density at radius 2 is 2.25 bits per heavy atom. The molecule has 5 heteroatoms. The molecule has 1 aromatic rings. The Balaban J connectivity index is 3.32. The molecule has 0 fully saturated rings. The van der Waals surface area contributed by atoms with Gasteiger partial charge in [-0.05, 0) is 28.1 Å². The van der Waals surface area contributed by atoms with Crippen molar-refractivity contribution in [3.05, 3.63) is 27.4 Å². The summed E-state index contributed by atoms with van der Waals surface area (Å²) in [7, 11) is 0. The van der Waals surface area contributed by atoms with E-state index in [4.69, 9.17) is 11.6 Å². The van der Waals surface area contributed by atoms with Gasteiger partial charge in [0, 0.05) is 4.47 Å². The molecular formula is C7H2BrClFNO. The molecule has 0 amide bonds. The van der Waals surface area contributed by atoms with E-state index >= 15 is 0 Å². The minimum absolute atomic E-state index is 0.113. The minimum Gasteiger partial charge on any atom is -0.211 e. The fraction of sp³-hybridized carbons (Fsp3) is 0. The van der Waals surface area contributed by atoms with Crippen molar-refractivity contribution in [2.24, 2.45) is 4.99 Å². The molecule has 0 atom stereocenters. The van der Waals surface area contributed by atoms with Crippen molar-refractivity contribution in [3.8, 4) is 0 Å². The van der Waals surface area contributed by atoms with Crippen molar-refractivity contribution >= 4 is 39.3 Å². The van der Waals surface area contributed by atoms with Gasteiger partial charge in [-0.15, -0.1) is 0 Å². The lowest BCUT2D eigenvalue weighted by Crippen LogP contribution is -1.77. The van der Waals surface area contributed by atoms with Gasteiger partial charge in [-0.1, -0.05) is 11.6 Å². The first kappa shape index (κ1) is 9.39. The number of aliphatic imine (C=N–C) groups is 1. The Labute approximate surface area is 81.2 Å². The third-order valence-electron chi connectivity index (χ3n) is 1.16. The molecule has 0 saturated carbocycles. The lowest BCUT2D eigenvalue weighted by Gasteiger charge is -1.97. The molecule has 2 nitrogen and oxygen atoms in total. The van der Waals surface area contributed by atoms with Crippen LogP contribution in [-0.4, -0.2) is 6.08 Å². The van der Waals surface area contributed by atoms with Crippen molar-refractivity contribution in [2.45, 2.75) is 0 Å². The van der Waals surface area contributed by atoms with E-state index in [-0.39, 0.29) is 5.69 Å². The summed E-state index contributed by atoms with van der Waals surface area (Å²) in [6.45, 7) is 0. The topological polar surface area (TPSA) is 29.4 Å². The van der Waals surface area contributed by atoms with Crippen LogP contribution < -0.4 is 0 Å². The Bertz CT molecular complexity index is 363. The third-order valence-corrected chi connectivity index (χ3v) is 2.35. The summed E-state index contributed by atoms with van der Waals surface area (Å²) in [6.07, 6.45) is 1.23. The van der Waals surface area contributed by atoms with Crippen molar-refractivity contribution in [1.29, 1.82) is 0 Å². The molecule has 0 saturated heterocycles. The van der Waals surface area contributed by atoms with Gasteiger partial charge in [0.1, 0.15) is 5.69 Å². The Kier molecular flexibility index (Phi) is 2.98. The molecule has 62 valence electrons. The van der Waals surface area contributed by atoms with Crippen LogP contribution in [-0.2, 0) is 4.79 Å². The molecule has 0 aliphatic carbocycles. The van der Waals surface area contributed by atoms with Crippen LogP contribution in [0.5, 0.6) is 0 Å². The Morgan fingerprint density at radius 1 is 1.58 bits per heavy atom. The van der Waals surface area contributed by atoms with Gasteiger partial charge in [0.05, 0.1) is 5.02 Å². The molecule has 0 aliphatic heterocycles. The average Bonchev–Trinajstić information content (AvgIpc) is 2.01. The minimum atomic E-state index is -0.616. The number of carbonyl (C=O) groups excluding carboxylic acids is 1. The lowest BCUT2D eigenvalue weighted by molar-refractivity contribution is 0.564. The highest BCUT2D eigenvalue weighted by Crippen LogP contribution is 2.29. The zero-order valence-electron chi connectivity index (χ0n) is 5.64. The van der Waals surface area contributed by atoms with Crippen LogP contribution in [0.4, 0.5) is 10.1 Å². The molecule has 0 radical (unpaired) electrons. The average molecular weight is 250 g/mol. The fourth-order valence-electron chi connectivity index (χ4n) is 0.647. The van der Waals surface area contributed by atoms with Crippen molar-refractivity contribution < 1.29 is 9.18 Å². The molecule has 12 heavy (non-hydrogen) atoms. The van der Waals surface area contributed by atoms with E-state index in [1.165, 1.54) is 12.1 Å². The van der Waals surface area contributed by atoms with Crippen LogP contribution in [0.25, 0.3) is 0 Å². The number of hydrogen-bond donors (Lipinski definition) is 0. The standard InChI is InChI=1S/C7H2BrClFNO/c8-4-1-6(10)7(11-3-12)2-5(4)9/h1-2H. The van der Waals surface area contributed by atoms with Crippen LogP contribution in [0.1, 0.15) is 0 Å². The summed E-state index contributed by atoms with van der Waals surface area (Å²) in [6, 6.07) is 2.38. The molecule has 0 unspecified atom stereocenters. The van der Waals surface area contributed by atoms with Gasteiger partial charge in [-0.25, -0.2) is 9.18 Å². The van der Waals surface area contributed by atoms with Crippen molar-refractivity contribution in [1.82, 2.24) is 0 Å². The molecule has 0 spiro atoms. The highest BCUT2D eigenvalue weighted by atomic mass is 79.9. The molecule has 1 aromatic carbocycles. The van der Waals surface area contributed by atoms with E-state index in [2.05, 4.69) is 20.9 Å². The van der Waals surface area contributed by atoms with Gasteiger partial charge in [0.2, 0.25) is 6.08 Å². The summed E-state index contributed by atoms with van der Waals surface area (Å²) in [5.41, 5.74) is -0.113. The zero-order chi connectivity index (χ0) is 9.14. The molecule has 0 aliphatic rings. The van der Waals surface area contributed by atoms with E-state index in [1.807, 2.05) is 0 Å². The highest BCUT2D eigenvalue weighted by Gasteiger charge is 2.05. The highest BCUT2D eigenvalue weighted by molar-refractivity contribution is 9.10. The van der Waals surface area contributed by atoms with E-state index in [1.54, 1.807) is 0 Å². The van der Waals surface area contributed by atoms with Crippen LogP contribution in [0.15, 0.2) is 21.6 Å². The zero-order valence-corrected chi connectivity index (χ0v) is 7.99. The van der Waals surface area contributed by atoms with Gasteiger partial charge in [0.15, 0.2) is 5.82 Å². The number of halogens is 3. The Hall–Kier alpha value is -0.700. The largest absolute Gasteiger partial charge is 0.240 e. The summed E-state index contributed by atoms with van der Waals surface area (Å²) in [5, 5.41) is 0.297. The summed E-state index contributed by atoms with van der Waals surface area (Å²) < 4.78 is 13.3. The summed E-state index contributed by atoms with van der Waals surface area (Å²) in [4.78, 5) is 12.9. The first-order chi connectivity index (χ1) is 5.65. The first-order valence-electron chi connectivity index (χ1n) is 2.87. The van der Waals surface area contributed by atoms with Gasteiger partial charge in [0.25, 0.3) is 0 Å². The van der Waals surface area contributed by atoms with E-state index in [9.17, 15) is 9.18 Å². The van der Waals surface area contributed by atoms with Gasteiger partial charge in [-0.2, -0.15) is 4.99 Å². The first-order valence-corrected chi connectivity index (χ1v) is 4.04. The maximum atomic E-state index is 12.9. The maximum Gasteiger partial charge on any atom is 0.240 e. The van der Waals surface area contributed by atoms with E-state index < -0.39 is 5.82 Å². The van der Waals surface area contributed by atoms with Gasteiger partial charge < -0.3 is 0 Å². The second kappa shape index (κ2) is 3.81. The Morgan fingerprint density at radius 3 is 2.83 bits per heavy atom. The number of hydrogen-bond acceptors (Lipinski definition) is 2. The smallest absolute Gasteiger partial charge is 0.211 e. The molecular weight excluding hydrogens is 248 g/mol. The monoisotopic (exact) mass is 249 g/mol. The molecule has 0 aromatic heterocycles.